The zero-order valence-electron chi connectivity index (χ0n) is 15.8. The first-order valence-electron chi connectivity index (χ1n) is 9.08. The minimum absolute atomic E-state index is 0.226. The number of benzene rings is 2. The maximum absolute atomic E-state index is 13.2. The second-order valence-electron chi connectivity index (χ2n) is 6.47. The van der Waals surface area contributed by atoms with E-state index >= 15 is 0 Å². The highest BCUT2D eigenvalue weighted by Gasteiger charge is 2.17. The molecular weight excluding hydrogens is 416 g/mol. The highest BCUT2D eigenvalue weighted by molar-refractivity contribution is 6.42. The molecule has 1 aromatic heterocycles. The van der Waals surface area contributed by atoms with Crippen molar-refractivity contribution >= 4 is 29.1 Å². The molecule has 3 aromatic rings. The molecule has 0 spiro atoms. The van der Waals surface area contributed by atoms with Crippen molar-refractivity contribution in [2.75, 3.05) is 6.54 Å². The monoisotopic (exact) mass is 435 g/mol. The minimum Gasteiger partial charge on any atom is -0.447 e. The average Bonchev–Trinajstić information content (AvgIpc) is 3.16. The van der Waals surface area contributed by atoms with Crippen molar-refractivity contribution in [3.05, 3.63) is 87.3 Å². The van der Waals surface area contributed by atoms with Gasteiger partial charge >= 0.3 is 0 Å². The number of hydrogen-bond donors (Lipinski definition) is 1. The molecule has 0 radical (unpaired) electrons. The molecule has 29 heavy (non-hydrogen) atoms. The molecule has 0 bridgehead atoms. The molecule has 8 heteroatoms. The summed E-state index contributed by atoms with van der Waals surface area (Å²) in [7, 11) is 0. The fourth-order valence-electron chi connectivity index (χ4n) is 2.86. The Hall–Kier alpha value is -2.41. The van der Waals surface area contributed by atoms with Gasteiger partial charge in [0.25, 0.3) is 5.91 Å². The number of nitrogens with zero attached hydrogens (tertiary/aromatic N) is 2. The number of rotatable bonds is 8. The van der Waals surface area contributed by atoms with Crippen molar-refractivity contribution in [3.63, 3.8) is 0 Å². The van der Waals surface area contributed by atoms with Crippen molar-refractivity contribution < 1.29 is 13.6 Å². The van der Waals surface area contributed by atoms with E-state index in [1.54, 1.807) is 18.2 Å². The smallest absolute Gasteiger partial charge is 0.273 e. The van der Waals surface area contributed by atoms with Gasteiger partial charge in [-0.15, -0.1) is 0 Å². The summed E-state index contributed by atoms with van der Waals surface area (Å²) in [5.41, 5.74) is 1.99. The van der Waals surface area contributed by atoms with Gasteiger partial charge in [-0.3, -0.25) is 9.69 Å². The van der Waals surface area contributed by atoms with Crippen LogP contribution in [0.3, 0.4) is 0 Å². The van der Waals surface area contributed by atoms with Crippen molar-refractivity contribution in [2.45, 2.75) is 26.6 Å². The maximum atomic E-state index is 13.2. The third kappa shape index (κ3) is 5.79. The van der Waals surface area contributed by atoms with E-state index in [0.717, 1.165) is 11.1 Å². The van der Waals surface area contributed by atoms with Crippen LogP contribution in [0.4, 0.5) is 4.39 Å². The topological polar surface area (TPSA) is 58.4 Å². The SMILES string of the molecule is CCNC(=O)c1coc(CN(Cc2ccc(F)cc2)Cc2cccc(Cl)c2Cl)n1. The molecule has 1 amide bonds. The lowest BCUT2D eigenvalue weighted by molar-refractivity contribution is 0.0950. The van der Waals surface area contributed by atoms with E-state index in [0.29, 0.717) is 42.1 Å². The Labute approximate surface area is 178 Å². The standard InChI is InChI=1S/C21H20Cl2FN3O2/c1-2-25-21(28)18-13-29-19(26-18)12-27(10-14-6-8-16(24)9-7-14)11-15-4-3-5-17(22)20(15)23/h3-9,13H,2,10-12H2,1H3,(H,25,28). The molecule has 5 nitrogen and oxygen atoms in total. The molecule has 0 aliphatic heterocycles. The van der Waals surface area contributed by atoms with E-state index in [9.17, 15) is 9.18 Å². The van der Waals surface area contributed by atoms with Crippen LogP contribution < -0.4 is 5.32 Å². The third-order valence-electron chi connectivity index (χ3n) is 4.23. The van der Waals surface area contributed by atoms with Crippen LogP contribution in [0.1, 0.15) is 34.4 Å². The minimum atomic E-state index is -0.294. The summed E-state index contributed by atoms with van der Waals surface area (Å²) in [5, 5.41) is 3.64. The van der Waals surface area contributed by atoms with E-state index in [4.69, 9.17) is 27.6 Å². The average molecular weight is 436 g/mol. The Balaban J connectivity index is 1.81. The molecule has 0 unspecified atom stereocenters. The summed E-state index contributed by atoms with van der Waals surface area (Å²) in [6, 6.07) is 11.7. The molecule has 0 aliphatic carbocycles. The largest absolute Gasteiger partial charge is 0.447 e. The van der Waals surface area contributed by atoms with Gasteiger partial charge in [-0.05, 0) is 36.2 Å². The molecule has 0 saturated carbocycles. The second-order valence-corrected chi connectivity index (χ2v) is 7.26. The van der Waals surface area contributed by atoms with E-state index in [2.05, 4.69) is 10.3 Å². The molecule has 152 valence electrons. The predicted octanol–water partition coefficient (Wildman–Crippen LogP) is 5.07. The fraction of sp³-hybridized carbons (Fsp3) is 0.238. The van der Waals surface area contributed by atoms with Gasteiger partial charge in [0, 0.05) is 19.6 Å². The van der Waals surface area contributed by atoms with E-state index in [1.807, 2.05) is 24.0 Å². The van der Waals surface area contributed by atoms with Crippen LogP contribution in [0.25, 0.3) is 0 Å². The fourth-order valence-corrected chi connectivity index (χ4v) is 3.24. The second kappa shape index (κ2) is 9.87. The summed E-state index contributed by atoms with van der Waals surface area (Å²) < 4.78 is 18.7. The Kier molecular flexibility index (Phi) is 7.25. The molecule has 0 saturated heterocycles. The van der Waals surface area contributed by atoms with E-state index in [-0.39, 0.29) is 17.4 Å². The lowest BCUT2D eigenvalue weighted by atomic mass is 10.1. The number of carbonyl (C=O) groups excluding carboxylic acids is 1. The number of carbonyl (C=O) groups is 1. The lowest BCUT2D eigenvalue weighted by Gasteiger charge is -2.22. The third-order valence-corrected chi connectivity index (χ3v) is 5.08. The van der Waals surface area contributed by atoms with Gasteiger partial charge in [-0.1, -0.05) is 47.5 Å². The normalized spacial score (nSPS) is 11.1. The molecule has 1 heterocycles. The highest BCUT2D eigenvalue weighted by Crippen LogP contribution is 2.27. The van der Waals surface area contributed by atoms with Crippen molar-refractivity contribution in [3.8, 4) is 0 Å². The van der Waals surface area contributed by atoms with Crippen molar-refractivity contribution in [2.24, 2.45) is 0 Å². The zero-order valence-corrected chi connectivity index (χ0v) is 17.3. The molecule has 2 aromatic carbocycles. The zero-order chi connectivity index (χ0) is 20.8. The summed E-state index contributed by atoms with van der Waals surface area (Å²) in [6.07, 6.45) is 1.34. The number of oxazole rings is 1. The van der Waals surface area contributed by atoms with Crippen LogP contribution in [0.15, 0.2) is 53.1 Å². The van der Waals surface area contributed by atoms with Crippen LogP contribution in [-0.2, 0) is 19.6 Å². The molecule has 3 rings (SSSR count). The van der Waals surface area contributed by atoms with Gasteiger partial charge in [0.1, 0.15) is 12.1 Å². The van der Waals surface area contributed by atoms with Crippen LogP contribution >= 0.6 is 23.2 Å². The maximum Gasteiger partial charge on any atom is 0.273 e. The van der Waals surface area contributed by atoms with Gasteiger partial charge in [-0.2, -0.15) is 0 Å². The van der Waals surface area contributed by atoms with Gasteiger partial charge in [-0.25, -0.2) is 9.37 Å². The van der Waals surface area contributed by atoms with Crippen LogP contribution in [0.2, 0.25) is 10.0 Å². The van der Waals surface area contributed by atoms with E-state index in [1.165, 1.54) is 18.4 Å². The Morgan fingerprint density at radius 2 is 1.90 bits per heavy atom. The van der Waals surface area contributed by atoms with Crippen molar-refractivity contribution in [1.29, 1.82) is 0 Å². The summed E-state index contributed by atoms with van der Waals surface area (Å²) in [4.78, 5) is 18.2. The number of hydrogen-bond acceptors (Lipinski definition) is 4. The predicted molar refractivity (Wildman–Crippen MR) is 110 cm³/mol. The first-order chi connectivity index (χ1) is 14.0. The molecular formula is C21H20Cl2FN3O2. The summed E-state index contributed by atoms with van der Waals surface area (Å²) in [6.45, 7) is 3.64. The van der Waals surface area contributed by atoms with Gasteiger partial charge in [0.05, 0.1) is 16.6 Å². The first-order valence-corrected chi connectivity index (χ1v) is 9.84. The van der Waals surface area contributed by atoms with E-state index < -0.39 is 0 Å². The van der Waals surface area contributed by atoms with Crippen LogP contribution in [0.5, 0.6) is 0 Å². The number of aromatic nitrogens is 1. The van der Waals surface area contributed by atoms with Gasteiger partial charge in [0.2, 0.25) is 5.89 Å². The van der Waals surface area contributed by atoms with Gasteiger partial charge < -0.3 is 9.73 Å². The summed E-state index contributed by atoms with van der Waals surface area (Å²) in [5.74, 6) is -0.186. The Morgan fingerprint density at radius 3 is 2.62 bits per heavy atom. The molecule has 0 fully saturated rings. The lowest BCUT2D eigenvalue weighted by Crippen LogP contribution is -2.24. The Morgan fingerprint density at radius 1 is 1.14 bits per heavy atom. The number of nitrogens with one attached hydrogen (secondary N) is 1. The molecule has 1 N–H and O–H groups in total. The molecule has 0 aliphatic rings. The number of halogens is 3. The van der Waals surface area contributed by atoms with Gasteiger partial charge in [0.15, 0.2) is 5.69 Å². The highest BCUT2D eigenvalue weighted by atomic mass is 35.5. The Bertz CT molecular complexity index is 976. The molecule has 0 atom stereocenters. The number of amides is 1. The first kappa shape index (κ1) is 21.3. The van der Waals surface area contributed by atoms with Crippen LogP contribution in [-0.4, -0.2) is 22.3 Å². The van der Waals surface area contributed by atoms with Crippen molar-refractivity contribution in [1.82, 2.24) is 15.2 Å². The quantitative estimate of drug-likeness (QED) is 0.536. The van der Waals surface area contributed by atoms with Crippen LogP contribution in [0, 0.1) is 5.82 Å². The summed E-state index contributed by atoms with van der Waals surface area (Å²) >= 11 is 12.5.